The Balaban J connectivity index is 1.77. The van der Waals surface area contributed by atoms with Crippen LogP contribution in [0.4, 0.5) is 0 Å². The number of phenols is 1. The SMILES string of the molecule is CCCCCCOc1ccc(/C=N\NC(=O)c2ccc(O)cc2)cc1. The highest BCUT2D eigenvalue weighted by atomic mass is 16.5. The first-order valence-corrected chi connectivity index (χ1v) is 8.54. The molecule has 0 saturated carbocycles. The Hall–Kier alpha value is -2.82. The third-order valence-corrected chi connectivity index (χ3v) is 3.66. The highest BCUT2D eigenvalue weighted by Crippen LogP contribution is 2.12. The lowest BCUT2D eigenvalue weighted by atomic mass is 10.2. The van der Waals surface area contributed by atoms with Crippen molar-refractivity contribution in [1.82, 2.24) is 5.43 Å². The molecule has 0 aliphatic rings. The molecule has 5 heteroatoms. The number of phenolic OH excluding ortho intramolecular Hbond substituents is 1. The van der Waals surface area contributed by atoms with Crippen LogP contribution < -0.4 is 10.2 Å². The van der Waals surface area contributed by atoms with Crippen molar-refractivity contribution in [3.05, 3.63) is 59.7 Å². The third kappa shape index (κ3) is 6.67. The van der Waals surface area contributed by atoms with E-state index < -0.39 is 0 Å². The lowest BCUT2D eigenvalue weighted by Crippen LogP contribution is -2.17. The molecule has 0 aliphatic heterocycles. The average molecular weight is 340 g/mol. The van der Waals surface area contributed by atoms with Crippen molar-refractivity contribution >= 4 is 12.1 Å². The summed E-state index contributed by atoms with van der Waals surface area (Å²) in [5.74, 6) is 0.623. The minimum atomic E-state index is -0.330. The van der Waals surface area contributed by atoms with Gasteiger partial charge in [-0.2, -0.15) is 5.10 Å². The maximum absolute atomic E-state index is 11.9. The van der Waals surface area contributed by atoms with Gasteiger partial charge in [0.25, 0.3) is 5.91 Å². The summed E-state index contributed by atoms with van der Waals surface area (Å²) < 4.78 is 5.68. The third-order valence-electron chi connectivity index (χ3n) is 3.66. The Morgan fingerprint density at radius 2 is 1.80 bits per heavy atom. The van der Waals surface area contributed by atoms with Crippen LogP contribution in [0.3, 0.4) is 0 Å². The standard InChI is InChI=1S/C20H24N2O3/c1-2-3-4-5-14-25-19-12-6-16(7-13-19)15-21-22-20(24)17-8-10-18(23)11-9-17/h6-13,15,23H,2-5,14H2,1H3,(H,22,24)/b21-15-. The van der Waals surface area contributed by atoms with E-state index in [0.29, 0.717) is 5.56 Å². The minimum absolute atomic E-state index is 0.118. The van der Waals surface area contributed by atoms with Gasteiger partial charge in [0, 0.05) is 5.56 Å². The summed E-state index contributed by atoms with van der Waals surface area (Å²) in [5, 5.41) is 13.1. The van der Waals surface area contributed by atoms with Gasteiger partial charge in [-0.3, -0.25) is 4.79 Å². The van der Waals surface area contributed by atoms with E-state index in [4.69, 9.17) is 4.74 Å². The molecule has 1 amide bonds. The number of rotatable bonds is 9. The predicted octanol–water partition coefficient (Wildman–Crippen LogP) is 4.12. The number of unbranched alkanes of at least 4 members (excludes halogenated alkanes) is 3. The Labute approximate surface area is 148 Å². The smallest absolute Gasteiger partial charge is 0.271 e. The molecular weight excluding hydrogens is 316 g/mol. The van der Waals surface area contributed by atoms with Crippen LogP contribution in [0.2, 0.25) is 0 Å². The summed E-state index contributed by atoms with van der Waals surface area (Å²) in [6, 6.07) is 13.5. The van der Waals surface area contributed by atoms with Crippen LogP contribution >= 0.6 is 0 Å². The highest BCUT2D eigenvalue weighted by molar-refractivity contribution is 5.94. The van der Waals surface area contributed by atoms with Gasteiger partial charge in [-0.15, -0.1) is 0 Å². The molecule has 0 aromatic heterocycles. The first-order valence-electron chi connectivity index (χ1n) is 8.54. The lowest BCUT2D eigenvalue weighted by molar-refractivity contribution is 0.0955. The summed E-state index contributed by atoms with van der Waals surface area (Å²) in [6.07, 6.45) is 6.30. The molecule has 0 atom stereocenters. The van der Waals surface area contributed by atoms with Crippen molar-refractivity contribution in [3.63, 3.8) is 0 Å². The monoisotopic (exact) mass is 340 g/mol. The van der Waals surface area contributed by atoms with Gasteiger partial charge in [0.05, 0.1) is 12.8 Å². The van der Waals surface area contributed by atoms with Gasteiger partial charge in [-0.25, -0.2) is 5.43 Å². The predicted molar refractivity (Wildman–Crippen MR) is 99.2 cm³/mol. The summed E-state index contributed by atoms with van der Waals surface area (Å²) in [5.41, 5.74) is 3.75. The molecule has 25 heavy (non-hydrogen) atoms. The zero-order valence-electron chi connectivity index (χ0n) is 14.4. The number of ether oxygens (including phenoxy) is 1. The van der Waals surface area contributed by atoms with Crippen molar-refractivity contribution in [1.29, 1.82) is 0 Å². The normalized spacial score (nSPS) is 10.8. The Morgan fingerprint density at radius 1 is 1.08 bits per heavy atom. The number of amides is 1. The summed E-state index contributed by atoms with van der Waals surface area (Å²) >= 11 is 0. The maximum Gasteiger partial charge on any atom is 0.271 e. The van der Waals surface area contributed by atoms with E-state index in [1.165, 1.54) is 43.5 Å². The molecule has 2 N–H and O–H groups in total. The van der Waals surface area contributed by atoms with Gasteiger partial charge in [0.2, 0.25) is 0 Å². The molecule has 0 heterocycles. The number of carbonyl (C=O) groups excluding carboxylic acids is 1. The van der Waals surface area contributed by atoms with Gasteiger partial charge >= 0.3 is 0 Å². The first kappa shape index (κ1) is 18.5. The Morgan fingerprint density at radius 3 is 2.48 bits per heavy atom. The molecule has 2 aromatic carbocycles. The van der Waals surface area contributed by atoms with Crippen LogP contribution in [0, 0.1) is 0 Å². The van der Waals surface area contributed by atoms with E-state index in [1.807, 2.05) is 24.3 Å². The zero-order chi connectivity index (χ0) is 17.9. The number of aromatic hydroxyl groups is 1. The van der Waals surface area contributed by atoms with Crippen LogP contribution in [-0.2, 0) is 0 Å². The van der Waals surface area contributed by atoms with Gasteiger partial charge in [0.15, 0.2) is 0 Å². The van der Waals surface area contributed by atoms with Crippen LogP contribution in [0.5, 0.6) is 11.5 Å². The van der Waals surface area contributed by atoms with Crippen molar-refractivity contribution in [2.24, 2.45) is 5.10 Å². The quantitative estimate of drug-likeness (QED) is 0.410. The van der Waals surface area contributed by atoms with Crippen LogP contribution in [-0.4, -0.2) is 23.8 Å². The molecule has 2 rings (SSSR count). The van der Waals surface area contributed by atoms with E-state index in [0.717, 1.165) is 24.3 Å². The van der Waals surface area contributed by atoms with Crippen molar-refractivity contribution in [2.75, 3.05) is 6.61 Å². The number of nitrogens with zero attached hydrogens (tertiary/aromatic N) is 1. The molecule has 0 unspecified atom stereocenters. The topological polar surface area (TPSA) is 70.9 Å². The molecule has 0 spiro atoms. The number of nitrogens with one attached hydrogen (secondary N) is 1. The maximum atomic E-state index is 11.9. The molecule has 2 aromatic rings. The molecule has 0 saturated heterocycles. The van der Waals surface area contributed by atoms with Gasteiger partial charge in [-0.05, 0) is 60.5 Å². The fraction of sp³-hybridized carbons (Fsp3) is 0.300. The van der Waals surface area contributed by atoms with E-state index in [-0.39, 0.29) is 11.7 Å². The number of hydrazone groups is 1. The average Bonchev–Trinajstić information content (AvgIpc) is 2.63. The molecule has 132 valence electrons. The van der Waals surface area contributed by atoms with Crippen molar-refractivity contribution in [3.8, 4) is 11.5 Å². The second kappa shape index (κ2) is 10.1. The van der Waals surface area contributed by atoms with Crippen LogP contribution in [0.25, 0.3) is 0 Å². The summed E-state index contributed by atoms with van der Waals surface area (Å²) in [4.78, 5) is 11.9. The molecule has 5 nitrogen and oxygen atoms in total. The van der Waals surface area contributed by atoms with E-state index in [9.17, 15) is 9.90 Å². The highest BCUT2D eigenvalue weighted by Gasteiger charge is 2.03. The van der Waals surface area contributed by atoms with E-state index >= 15 is 0 Å². The van der Waals surface area contributed by atoms with E-state index in [1.54, 1.807) is 6.21 Å². The number of benzene rings is 2. The van der Waals surface area contributed by atoms with Crippen molar-refractivity contribution in [2.45, 2.75) is 32.6 Å². The number of hydrogen-bond donors (Lipinski definition) is 2. The number of hydrogen-bond acceptors (Lipinski definition) is 4. The molecular formula is C20H24N2O3. The second-order valence-electron chi connectivity index (χ2n) is 5.72. The van der Waals surface area contributed by atoms with Gasteiger partial charge in [-0.1, -0.05) is 26.2 Å². The largest absolute Gasteiger partial charge is 0.508 e. The summed E-state index contributed by atoms with van der Waals surface area (Å²) in [7, 11) is 0. The molecule has 0 radical (unpaired) electrons. The van der Waals surface area contributed by atoms with Gasteiger partial charge in [0.1, 0.15) is 11.5 Å². The fourth-order valence-electron chi connectivity index (χ4n) is 2.21. The lowest BCUT2D eigenvalue weighted by Gasteiger charge is -2.06. The molecule has 0 aliphatic carbocycles. The molecule has 0 bridgehead atoms. The van der Waals surface area contributed by atoms with E-state index in [2.05, 4.69) is 17.5 Å². The minimum Gasteiger partial charge on any atom is -0.508 e. The fourth-order valence-corrected chi connectivity index (χ4v) is 2.21. The number of carbonyl (C=O) groups is 1. The Bertz CT molecular complexity index is 679. The van der Waals surface area contributed by atoms with Crippen LogP contribution in [0.1, 0.15) is 48.5 Å². The summed E-state index contributed by atoms with van der Waals surface area (Å²) in [6.45, 7) is 2.92. The van der Waals surface area contributed by atoms with Gasteiger partial charge < -0.3 is 9.84 Å². The second-order valence-corrected chi connectivity index (χ2v) is 5.72. The zero-order valence-corrected chi connectivity index (χ0v) is 14.4. The Kier molecular flexibility index (Phi) is 7.50. The van der Waals surface area contributed by atoms with Crippen LogP contribution in [0.15, 0.2) is 53.6 Å². The molecule has 0 fully saturated rings. The van der Waals surface area contributed by atoms with Crippen molar-refractivity contribution < 1.29 is 14.6 Å². The first-order chi connectivity index (χ1) is 12.2.